The van der Waals surface area contributed by atoms with Gasteiger partial charge in [-0.1, -0.05) is 48.0 Å². The number of benzene rings is 3. The molecule has 0 saturated heterocycles. The van der Waals surface area contributed by atoms with Crippen molar-refractivity contribution in [2.24, 2.45) is 0 Å². The Morgan fingerprint density at radius 3 is 2.50 bits per heavy atom. The largest absolute Gasteiger partial charge is 0.346 e. The van der Waals surface area contributed by atoms with E-state index in [2.05, 4.69) is 5.32 Å². The zero-order valence-corrected chi connectivity index (χ0v) is 17.4. The van der Waals surface area contributed by atoms with E-state index in [4.69, 9.17) is 0 Å². The van der Waals surface area contributed by atoms with Gasteiger partial charge in [0.15, 0.2) is 0 Å². The van der Waals surface area contributed by atoms with Crippen LogP contribution in [0.25, 0.3) is 0 Å². The molecule has 2 amide bonds. The number of amides is 2. The summed E-state index contributed by atoms with van der Waals surface area (Å²) in [5, 5.41) is 3.07. The maximum Gasteiger partial charge on any atom is 0.258 e. The summed E-state index contributed by atoms with van der Waals surface area (Å²) >= 11 is 0. The smallest absolute Gasteiger partial charge is 0.258 e. The molecule has 1 N–H and O–H groups in total. The topological polar surface area (TPSA) is 49.4 Å². The fourth-order valence-electron chi connectivity index (χ4n) is 3.99. The molecule has 4 rings (SSSR count). The van der Waals surface area contributed by atoms with E-state index in [9.17, 15) is 9.59 Å². The van der Waals surface area contributed by atoms with Crippen LogP contribution >= 0.6 is 0 Å². The summed E-state index contributed by atoms with van der Waals surface area (Å²) in [6.07, 6.45) is 1.75. The van der Waals surface area contributed by atoms with Crippen molar-refractivity contribution in [3.8, 4) is 0 Å². The second kappa shape index (κ2) is 8.54. The van der Waals surface area contributed by atoms with E-state index in [-0.39, 0.29) is 17.9 Å². The number of hydrogen-bond donors (Lipinski definition) is 1. The number of nitrogens with zero attached hydrogens (tertiary/aromatic N) is 1. The summed E-state index contributed by atoms with van der Waals surface area (Å²) in [5.74, 6) is -0.0918. The van der Waals surface area contributed by atoms with Crippen molar-refractivity contribution in [3.63, 3.8) is 0 Å². The molecule has 4 nitrogen and oxygen atoms in total. The minimum absolute atomic E-state index is 0.00884. The molecule has 0 unspecified atom stereocenters. The molecule has 0 radical (unpaired) electrons. The summed E-state index contributed by atoms with van der Waals surface area (Å²) < 4.78 is 0. The van der Waals surface area contributed by atoms with Crippen LogP contribution in [0, 0.1) is 6.92 Å². The predicted molar refractivity (Wildman–Crippen MR) is 120 cm³/mol. The molecule has 30 heavy (non-hydrogen) atoms. The van der Waals surface area contributed by atoms with Gasteiger partial charge in [0, 0.05) is 23.4 Å². The maximum atomic E-state index is 13.1. The van der Waals surface area contributed by atoms with E-state index in [1.165, 1.54) is 0 Å². The Kier molecular flexibility index (Phi) is 5.66. The third-order valence-electron chi connectivity index (χ3n) is 5.62. The van der Waals surface area contributed by atoms with E-state index in [1.54, 1.807) is 0 Å². The molecular formula is C26H26N2O2. The van der Waals surface area contributed by atoms with Gasteiger partial charge in [-0.25, -0.2) is 0 Å². The quantitative estimate of drug-likeness (QED) is 0.666. The number of fused-ring (bicyclic) bond motifs is 1. The second-order valence-corrected chi connectivity index (χ2v) is 7.88. The van der Waals surface area contributed by atoms with Crippen LogP contribution in [0.15, 0.2) is 72.8 Å². The number of aryl methyl sites for hydroxylation is 2. The first kappa shape index (κ1) is 19.9. The number of nitrogens with one attached hydrogen (secondary N) is 1. The minimum atomic E-state index is -0.101. The van der Waals surface area contributed by atoms with Gasteiger partial charge in [0.05, 0.1) is 6.04 Å². The zero-order valence-electron chi connectivity index (χ0n) is 17.4. The lowest BCUT2D eigenvalue weighted by atomic mass is 9.97. The van der Waals surface area contributed by atoms with E-state index in [1.807, 2.05) is 91.5 Å². The van der Waals surface area contributed by atoms with E-state index in [0.717, 1.165) is 35.2 Å². The fraction of sp³-hybridized carbons (Fsp3) is 0.231. The van der Waals surface area contributed by atoms with E-state index < -0.39 is 0 Å². The Balaban J connectivity index is 1.54. The summed E-state index contributed by atoms with van der Waals surface area (Å²) in [5.41, 5.74) is 5.40. The molecule has 1 aliphatic rings. The van der Waals surface area contributed by atoms with Crippen LogP contribution in [0.4, 0.5) is 5.69 Å². The molecule has 1 atom stereocenters. The molecule has 3 aromatic rings. The van der Waals surface area contributed by atoms with Crippen molar-refractivity contribution >= 4 is 17.5 Å². The van der Waals surface area contributed by atoms with Gasteiger partial charge in [-0.3, -0.25) is 9.59 Å². The van der Waals surface area contributed by atoms with Crippen molar-refractivity contribution in [3.05, 3.63) is 101 Å². The van der Waals surface area contributed by atoms with Crippen LogP contribution in [-0.4, -0.2) is 18.4 Å². The average molecular weight is 399 g/mol. The molecule has 152 valence electrons. The highest BCUT2D eigenvalue weighted by Crippen LogP contribution is 2.30. The first-order valence-corrected chi connectivity index (χ1v) is 10.4. The number of rotatable bonds is 4. The van der Waals surface area contributed by atoms with Gasteiger partial charge in [-0.2, -0.15) is 0 Å². The van der Waals surface area contributed by atoms with Gasteiger partial charge >= 0.3 is 0 Å². The standard InChI is InChI=1S/C26H26N2O2/c1-18-8-6-11-23(16-18)26(30)28-15-7-12-21-17-22(13-14-24(21)28)25(29)27-19(2)20-9-4-3-5-10-20/h3-6,8-11,13-14,16-17,19H,7,12,15H2,1-2H3,(H,27,29)/t19-/m1/s1. The SMILES string of the molecule is Cc1cccc(C(=O)N2CCCc3cc(C(=O)N[C@H](C)c4ccccc4)ccc32)c1. The third-order valence-corrected chi connectivity index (χ3v) is 5.62. The predicted octanol–water partition coefficient (Wildman–Crippen LogP) is 5.08. The van der Waals surface area contributed by atoms with Crippen LogP contribution in [0.1, 0.15) is 56.8 Å². The van der Waals surface area contributed by atoms with Crippen LogP contribution in [0.2, 0.25) is 0 Å². The minimum Gasteiger partial charge on any atom is -0.346 e. The molecule has 0 fully saturated rings. The van der Waals surface area contributed by atoms with Crippen LogP contribution in [-0.2, 0) is 6.42 Å². The number of anilines is 1. The summed E-state index contributed by atoms with van der Waals surface area (Å²) in [7, 11) is 0. The first-order chi connectivity index (χ1) is 14.5. The monoisotopic (exact) mass is 398 g/mol. The third kappa shape index (κ3) is 4.13. The van der Waals surface area contributed by atoms with Crippen molar-refractivity contribution in [2.45, 2.75) is 32.7 Å². The fourth-order valence-corrected chi connectivity index (χ4v) is 3.99. The van der Waals surface area contributed by atoms with Gasteiger partial charge in [0.2, 0.25) is 0 Å². The Hall–Kier alpha value is -3.40. The van der Waals surface area contributed by atoms with Crippen LogP contribution in [0.3, 0.4) is 0 Å². The lowest BCUT2D eigenvalue weighted by molar-refractivity contribution is 0.0939. The summed E-state index contributed by atoms with van der Waals surface area (Å²) in [6.45, 7) is 4.66. The molecule has 4 heteroatoms. The van der Waals surface area contributed by atoms with E-state index in [0.29, 0.717) is 17.7 Å². The lowest BCUT2D eigenvalue weighted by Crippen LogP contribution is -2.35. The number of carbonyl (C=O) groups excluding carboxylic acids is 2. The van der Waals surface area contributed by atoms with Gasteiger partial charge in [0.1, 0.15) is 0 Å². The highest BCUT2D eigenvalue weighted by molar-refractivity contribution is 6.07. The molecule has 1 heterocycles. The zero-order chi connectivity index (χ0) is 21.1. The average Bonchev–Trinajstić information content (AvgIpc) is 2.78. The molecule has 0 spiro atoms. The highest BCUT2D eigenvalue weighted by atomic mass is 16.2. The molecule has 0 aromatic heterocycles. The normalized spacial score (nSPS) is 14.0. The van der Waals surface area contributed by atoms with Gasteiger partial charge in [-0.15, -0.1) is 0 Å². The molecule has 3 aromatic carbocycles. The number of hydrogen-bond acceptors (Lipinski definition) is 2. The Morgan fingerprint density at radius 2 is 1.73 bits per heavy atom. The van der Waals surface area contributed by atoms with Gasteiger partial charge < -0.3 is 10.2 Å². The Morgan fingerprint density at radius 1 is 0.933 bits per heavy atom. The highest BCUT2D eigenvalue weighted by Gasteiger charge is 2.24. The van der Waals surface area contributed by atoms with Crippen LogP contribution in [0.5, 0.6) is 0 Å². The van der Waals surface area contributed by atoms with E-state index >= 15 is 0 Å². The van der Waals surface area contributed by atoms with Gasteiger partial charge in [0.25, 0.3) is 11.8 Å². The first-order valence-electron chi connectivity index (χ1n) is 10.4. The lowest BCUT2D eigenvalue weighted by Gasteiger charge is -2.30. The summed E-state index contributed by atoms with van der Waals surface area (Å²) in [4.78, 5) is 27.7. The van der Waals surface area contributed by atoms with Gasteiger partial charge in [-0.05, 0) is 68.1 Å². The van der Waals surface area contributed by atoms with Crippen molar-refractivity contribution in [1.29, 1.82) is 0 Å². The summed E-state index contributed by atoms with van der Waals surface area (Å²) in [6, 6.07) is 23.2. The molecular weight excluding hydrogens is 372 g/mol. The molecule has 0 bridgehead atoms. The molecule has 0 aliphatic carbocycles. The van der Waals surface area contributed by atoms with Crippen molar-refractivity contribution in [1.82, 2.24) is 5.32 Å². The maximum absolute atomic E-state index is 13.1. The Bertz CT molecular complexity index is 1080. The molecule has 0 saturated carbocycles. The second-order valence-electron chi connectivity index (χ2n) is 7.88. The van der Waals surface area contributed by atoms with Crippen molar-refractivity contribution < 1.29 is 9.59 Å². The molecule has 1 aliphatic heterocycles. The Labute approximate surface area is 177 Å². The van der Waals surface area contributed by atoms with Crippen molar-refractivity contribution in [2.75, 3.05) is 11.4 Å². The number of carbonyl (C=O) groups is 2. The van der Waals surface area contributed by atoms with Crippen LogP contribution < -0.4 is 10.2 Å².